The summed E-state index contributed by atoms with van der Waals surface area (Å²) in [5.41, 5.74) is 12.2. The number of nitrogens with zero attached hydrogens (tertiary/aromatic N) is 3. The van der Waals surface area contributed by atoms with Crippen LogP contribution in [-0.4, -0.2) is 27.7 Å². The molecule has 0 aliphatic rings. The second kappa shape index (κ2) is 19.5. The van der Waals surface area contributed by atoms with Crippen molar-refractivity contribution in [2.24, 2.45) is 12.8 Å². The molecule has 4 rings (SSSR count). The average Bonchev–Trinajstić information content (AvgIpc) is 3.22. The molecule has 4 aromatic rings. The van der Waals surface area contributed by atoms with E-state index in [9.17, 15) is 14.0 Å². The molecule has 0 saturated carbocycles. The Hall–Kier alpha value is -4.57. The number of ether oxygens (including phenoxy) is 1. The van der Waals surface area contributed by atoms with Crippen molar-refractivity contribution in [3.05, 3.63) is 106 Å². The number of halogens is 2. The molecular weight excluding hydrogens is 547 g/mol. The number of benzene rings is 2. The van der Waals surface area contributed by atoms with Crippen LogP contribution in [-0.2, 0) is 7.05 Å². The molecular formula is C30H40ClFN6O3. The minimum Gasteiger partial charge on any atom is -0.453 e. The largest absolute Gasteiger partial charge is 0.453 e. The normalized spacial score (nSPS) is 9.10. The van der Waals surface area contributed by atoms with Gasteiger partial charge in [-0.3, -0.25) is 14.3 Å². The van der Waals surface area contributed by atoms with Crippen LogP contribution in [0.4, 0.5) is 15.9 Å². The summed E-state index contributed by atoms with van der Waals surface area (Å²) in [6, 6.07) is 15.3. The van der Waals surface area contributed by atoms with Crippen LogP contribution in [0.3, 0.4) is 0 Å². The Morgan fingerprint density at radius 2 is 1.66 bits per heavy atom. The van der Waals surface area contributed by atoms with Gasteiger partial charge < -0.3 is 21.5 Å². The van der Waals surface area contributed by atoms with Gasteiger partial charge in [0.1, 0.15) is 16.4 Å². The average molecular weight is 587 g/mol. The fourth-order valence-corrected chi connectivity index (χ4v) is 3.25. The Morgan fingerprint density at radius 3 is 2.15 bits per heavy atom. The van der Waals surface area contributed by atoms with Crippen LogP contribution in [0.15, 0.2) is 78.4 Å². The third-order valence-electron chi connectivity index (χ3n) is 5.04. The molecule has 2 aromatic heterocycles. The van der Waals surface area contributed by atoms with Crippen molar-refractivity contribution in [2.45, 2.75) is 34.6 Å². The van der Waals surface area contributed by atoms with Crippen molar-refractivity contribution in [3.8, 4) is 17.2 Å². The number of para-hydroxylation sites is 1. The minimum absolute atomic E-state index is 0.0708. The quantitative estimate of drug-likeness (QED) is 0.221. The SMILES string of the molecule is C=CN.CC.CC.CNc1ccc(Oc2ccnc(N)c2Cl)c(F)c1.Cc1c(C=O)c(=O)n(-c2ccccc2)n1C. The highest BCUT2D eigenvalue weighted by Gasteiger charge is 2.14. The van der Waals surface area contributed by atoms with Crippen LogP contribution >= 0.6 is 11.6 Å². The first-order valence-corrected chi connectivity index (χ1v) is 13.2. The molecule has 0 saturated heterocycles. The zero-order valence-corrected chi connectivity index (χ0v) is 25.4. The Balaban J connectivity index is 0.000000644. The number of carbonyl (C=O) groups is 1. The molecule has 0 atom stereocenters. The van der Waals surface area contributed by atoms with Gasteiger partial charge in [0.25, 0.3) is 5.56 Å². The molecule has 222 valence electrons. The number of aromatic nitrogens is 3. The van der Waals surface area contributed by atoms with E-state index in [-0.39, 0.29) is 33.5 Å². The molecule has 41 heavy (non-hydrogen) atoms. The lowest BCUT2D eigenvalue weighted by atomic mass is 10.3. The number of hydrogen-bond acceptors (Lipinski definition) is 7. The zero-order chi connectivity index (χ0) is 31.5. The summed E-state index contributed by atoms with van der Waals surface area (Å²) in [6.45, 7) is 12.9. The topological polar surface area (TPSA) is 130 Å². The lowest BCUT2D eigenvalue weighted by Gasteiger charge is -2.10. The zero-order valence-electron chi connectivity index (χ0n) is 24.6. The van der Waals surface area contributed by atoms with Crippen LogP contribution in [0.2, 0.25) is 5.02 Å². The highest BCUT2D eigenvalue weighted by molar-refractivity contribution is 6.34. The summed E-state index contributed by atoms with van der Waals surface area (Å²) in [5, 5.41) is 2.99. The number of nitrogen functional groups attached to an aromatic ring is 1. The first-order chi connectivity index (χ1) is 19.7. The van der Waals surface area contributed by atoms with Crippen molar-refractivity contribution >= 4 is 29.4 Å². The molecule has 0 amide bonds. The van der Waals surface area contributed by atoms with Gasteiger partial charge in [-0.05, 0) is 37.4 Å². The molecule has 0 aliphatic heterocycles. The fraction of sp³-hybridized carbons (Fsp3) is 0.233. The van der Waals surface area contributed by atoms with E-state index in [1.54, 1.807) is 31.8 Å². The summed E-state index contributed by atoms with van der Waals surface area (Å²) in [4.78, 5) is 26.6. The van der Waals surface area contributed by atoms with E-state index in [0.29, 0.717) is 17.7 Å². The van der Waals surface area contributed by atoms with Gasteiger partial charge in [-0.1, -0.05) is 64.1 Å². The molecule has 5 N–H and O–H groups in total. The maximum absolute atomic E-state index is 13.7. The molecule has 9 nitrogen and oxygen atoms in total. The Morgan fingerprint density at radius 1 is 1.07 bits per heavy atom. The third-order valence-corrected chi connectivity index (χ3v) is 5.42. The highest BCUT2D eigenvalue weighted by atomic mass is 35.5. The van der Waals surface area contributed by atoms with Gasteiger partial charge in [0.15, 0.2) is 23.6 Å². The maximum atomic E-state index is 13.7. The number of carbonyl (C=O) groups excluding carboxylic acids is 1. The molecule has 11 heteroatoms. The standard InChI is InChI=1S/C12H11ClFN3O.C12H12N2O2.C2H5N.2C2H6/c1-16-7-2-3-9(8(14)6-7)18-10-4-5-17-12(15)11(10)13;1-9-11(8-15)12(16)14(13(9)2)10-6-4-3-5-7-10;1-2-3;2*1-2/h2-6,16H,1H3,(H2,15,17);3-8H,1-2H3;2H,1,3H2;2*1-2H3. The van der Waals surface area contributed by atoms with Crippen LogP contribution in [0, 0.1) is 12.7 Å². The summed E-state index contributed by atoms with van der Waals surface area (Å²) >= 11 is 5.91. The number of pyridine rings is 1. The smallest absolute Gasteiger partial charge is 0.282 e. The van der Waals surface area contributed by atoms with E-state index in [2.05, 4.69) is 22.6 Å². The third kappa shape index (κ3) is 10.2. The van der Waals surface area contributed by atoms with E-state index < -0.39 is 5.82 Å². The van der Waals surface area contributed by atoms with Crippen molar-refractivity contribution < 1.29 is 13.9 Å². The number of rotatable bonds is 5. The molecule has 0 bridgehead atoms. The monoisotopic (exact) mass is 586 g/mol. The number of hydrogen-bond donors (Lipinski definition) is 3. The van der Waals surface area contributed by atoms with Crippen molar-refractivity contribution in [1.82, 2.24) is 14.3 Å². The lowest BCUT2D eigenvalue weighted by molar-refractivity contribution is 0.112. The van der Waals surface area contributed by atoms with Gasteiger partial charge >= 0.3 is 0 Å². The molecule has 2 heterocycles. The molecule has 0 radical (unpaired) electrons. The molecule has 0 fully saturated rings. The van der Waals surface area contributed by atoms with Gasteiger partial charge in [0.05, 0.1) is 5.69 Å². The predicted molar refractivity (Wildman–Crippen MR) is 168 cm³/mol. The van der Waals surface area contributed by atoms with E-state index >= 15 is 0 Å². The van der Waals surface area contributed by atoms with Crippen LogP contribution in [0.25, 0.3) is 5.69 Å². The Labute approximate surface area is 246 Å². The Kier molecular flexibility index (Phi) is 17.3. The number of nitrogens with two attached hydrogens (primary N) is 2. The predicted octanol–water partition coefficient (Wildman–Crippen LogP) is 6.73. The van der Waals surface area contributed by atoms with Gasteiger partial charge in [-0.15, -0.1) is 0 Å². The van der Waals surface area contributed by atoms with Crippen LogP contribution < -0.4 is 27.1 Å². The highest BCUT2D eigenvalue weighted by Crippen LogP contribution is 2.33. The number of anilines is 2. The van der Waals surface area contributed by atoms with Crippen molar-refractivity contribution in [2.75, 3.05) is 18.1 Å². The van der Waals surface area contributed by atoms with E-state index in [1.807, 2.05) is 58.0 Å². The van der Waals surface area contributed by atoms with Crippen molar-refractivity contribution in [1.29, 1.82) is 0 Å². The van der Waals surface area contributed by atoms with E-state index in [0.717, 1.165) is 5.69 Å². The van der Waals surface area contributed by atoms with Gasteiger partial charge in [0, 0.05) is 43.8 Å². The Bertz CT molecular complexity index is 1420. The van der Waals surface area contributed by atoms with Gasteiger partial charge in [-0.25, -0.2) is 14.1 Å². The fourth-order valence-electron chi connectivity index (χ4n) is 3.10. The molecule has 2 aromatic carbocycles. The van der Waals surface area contributed by atoms with Crippen LogP contribution in [0.5, 0.6) is 11.5 Å². The lowest BCUT2D eigenvalue weighted by Crippen LogP contribution is -2.20. The molecule has 0 aliphatic carbocycles. The van der Waals surface area contributed by atoms with Gasteiger partial charge in [0.2, 0.25) is 0 Å². The van der Waals surface area contributed by atoms with E-state index in [4.69, 9.17) is 22.1 Å². The second-order valence-corrected chi connectivity index (χ2v) is 7.71. The first kappa shape index (κ1) is 36.4. The summed E-state index contributed by atoms with van der Waals surface area (Å²) in [5.74, 6) is -0.0171. The summed E-state index contributed by atoms with van der Waals surface area (Å²) in [7, 11) is 3.46. The summed E-state index contributed by atoms with van der Waals surface area (Å²) < 4.78 is 22.2. The maximum Gasteiger partial charge on any atom is 0.282 e. The number of aldehydes is 1. The van der Waals surface area contributed by atoms with E-state index in [1.165, 1.54) is 35.3 Å². The number of nitrogens with one attached hydrogen (secondary N) is 1. The first-order valence-electron chi connectivity index (χ1n) is 12.9. The minimum atomic E-state index is -0.492. The summed E-state index contributed by atoms with van der Waals surface area (Å²) in [6.07, 6.45) is 3.30. The second-order valence-electron chi connectivity index (χ2n) is 7.33. The van der Waals surface area contributed by atoms with Crippen LogP contribution in [0.1, 0.15) is 43.7 Å². The molecule has 0 spiro atoms. The molecule has 0 unspecified atom stereocenters. The van der Waals surface area contributed by atoms with Crippen molar-refractivity contribution in [3.63, 3.8) is 0 Å². The van der Waals surface area contributed by atoms with Gasteiger partial charge in [-0.2, -0.15) is 0 Å².